The van der Waals surface area contributed by atoms with Gasteiger partial charge >= 0.3 is 6.09 Å². The number of sulfonamides is 1. The van der Waals surface area contributed by atoms with Crippen LogP contribution >= 0.6 is 0 Å². The summed E-state index contributed by atoms with van der Waals surface area (Å²) in [4.78, 5) is 36.8. The number of morpholine rings is 1. The maximum absolute atomic E-state index is 12.8. The van der Waals surface area contributed by atoms with E-state index in [9.17, 15) is 33.2 Å². The van der Waals surface area contributed by atoms with Crippen molar-refractivity contribution in [2.24, 2.45) is 5.92 Å². The molecule has 0 spiro atoms. The smallest absolute Gasteiger partial charge is 0.407 e. The normalized spacial score (nSPS) is 22.5. The van der Waals surface area contributed by atoms with Crippen LogP contribution in [0, 0.1) is 16.0 Å². The van der Waals surface area contributed by atoms with Gasteiger partial charge < -0.3 is 19.6 Å². The summed E-state index contributed by atoms with van der Waals surface area (Å²) in [5, 5.41) is 20.6. The van der Waals surface area contributed by atoms with Gasteiger partial charge in [-0.15, -0.1) is 0 Å². The molecule has 2 aliphatic heterocycles. The minimum atomic E-state index is -4.31. The zero-order valence-corrected chi connectivity index (χ0v) is 16.8. The van der Waals surface area contributed by atoms with E-state index in [2.05, 4.69) is 4.72 Å². The number of likely N-dealkylation sites (tertiary alicyclic amines) is 1. The molecule has 30 heavy (non-hydrogen) atoms. The number of hydrogen-bond acceptors (Lipinski definition) is 7. The van der Waals surface area contributed by atoms with Gasteiger partial charge in [-0.3, -0.25) is 14.9 Å². The molecule has 0 bridgehead atoms. The molecule has 2 amide bonds. The highest BCUT2D eigenvalue weighted by Crippen LogP contribution is 2.26. The van der Waals surface area contributed by atoms with E-state index < -0.39 is 43.6 Å². The molecule has 2 N–H and O–H groups in total. The Kier molecular flexibility index (Phi) is 6.53. The monoisotopic (exact) mass is 442 g/mol. The number of carbonyl (C=O) groups excluding carboxylic acids is 1. The van der Waals surface area contributed by atoms with Gasteiger partial charge in [0, 0.05) is 38.3 Å². The number of piperidine rings is 1. The lowest BCUT2D eigenvalue weighted by atomic mass is 9.93. The summed E-state index contributed by atoms with van der Waals surface area (Å²) in [7, 11) is -4.31. The van der Waals surface area contributed by atoms with Crippen molar-refractivity contribution in [3.05, 3.63) is 34.4 Å². The van der Waals surface area contributed by atoms with Gasteiger partial charge in [0.1, 0.15) is 0 Å². The SMILES string of the molecule is O=C(O)N1C[C@@H](NS(=O)(=O)c2ccccc2[N+](=O)[O-])C[C@@H](C(=O)N2CCOCC2)C1. The number of carboxylic acid groups (broad SMARTS) is 1. The van der Waals surface area contributed by atoms with Gasteiger partial charge in [-0.25, -0.2) is 17.9 Å². The minimum Gasteiger partial charge on any atom is -0.465 e. The lowest BCUT2D eigenvalue weighted by Crippen LogP contribution is -2.56. The summed E-state index contributed by atoms with van der Waals surface area (Å²) in [5.74, 6) is -0.995. The number of rotatable bonds is 5. The molecule has 2 heterocycles. The molecule has 3 rings (SSSR count). The third-order valence-corrected chi connectivity index (χ3v) is 6.63. The second-order valence-electron chi connectivity index (χ2n) is 7.10. The lowest BCUT2D eigenvalue weighted by Gasteiger charge is -2.38. The average Bonchev–Trinajstić information content (AvgIpc) is 2.73. The zero-order chi connectivity index (χ0) is 21.9. The fraction of sp³-hybridized carbons (Fsp3) is 0.529. The van der Waals surface area contributed by atoms with Crippen LogP contribution in [0.4, 0.5) is 10.5 Å². The number of nitrogens with zero attached hydrogens (tertiary/aromatic N) is 3. The van der Waals surface area contributed by atoms with Gasteiger partial charge in [0.15, 0.2) is 4.90 Å². The largest absolute Gasteiger partial charge is 0.465 e. The number of ether oxygens (including phenoxy) is 1. The van der Waals surface area contributed by atoms with E-state index in [0.717, 1.165) is 17.0 Å². The van der Waals surface area contributed by atoms with Crippen molar-refractivity contribution in [2.45, 2.75) is 17.4 Å². The third-order valence-electron chi connectivity index (χ3n) is 5.07. The van der Waals surface area contributed by atoms with Crippen molar-refractivity contribution in [3.8, 4) is 0 Å². The number of nitro groups is 1. The Morgan fingerprint density at radius 2 is 1.83 bits per heavy atom. The molecule has 1 aromatic carbocycles. The first-order valence-electron chi connectivity index (χ1n) is 9.29. The quantitative estimate of drug-likeness (QED) is 0.480. The topological polar surface area (TPSA) is 159 Å². The first-order chi connectivity index (χ1) is 14.2. The summed E-state index contributed by atoms with van der Waals surface area (Å²) in [6.45, 7) is 1.32. The van der Waals surface area contributed by atoms with Crippen LogP contribution in [-0.4, -0.2) is 85.7 Å². The van der Waals surface area contributed by atoms with Crippen LogP contribution in [0.1, 0.15) is 6.42 Å². The van der Waals surface area contributed by atoms with Gasteiger partial charge in [0.05, 0.1) is 24.1 Å². The maximum Gasteiger partial charge on any atom is 0.407 e. The Labute approximate surface area is 172 Å². The van der Waals surface area contributed by atoms with Crippen LogP contribution in [-0.2, 0) is 19.6 Å². The number of benzene rings is 1. The molecule has 12 nitrogen and oxygen atoms in total. The summed E-state index contributed by atoms with van der Waals surface area (Å²) in [6, 6.07) is 3.98. The molecule has 1 aromatic rings. The number of para-hydroxylation sites is 1. The highest BCUT2D eigenvalue weighted by Gasteiger charge is 2.38. The second kappa shape index (κ2) is 8.93. The van der Waals surface area contributed by atoms with E-state index in [-0.39, 0.29) is 25.4 Å². The number of carbonyl (C=O) groups is 2. The van der Waals surface area contributed by atoms with Crippen LogP contribution in [0.25, 0.3) is 0 Å². The van der Waals surface area contributed by atoms with E-state index in [1.54, 1.807) is 4.90 Å². The number of amides is 2. The van der Waals surface area contributed by atoms with Gasteiger partial charge in [0.2, 0.25) is 15.9 Å². The Morgan fingerprint density at radius 1 is 1.17 bits per heavy atom. The van der Waals surface area contributed by atoms with Crippen LogP contribution in [0.5, 0.6) is 0 Å². The van der Waals surface area contributed by atoms with Crippen molar-refractivity contribution < 1.29 is 32.8 Å². The molecule has 13 heteroatoms. The lowest BCUT2D eigenvalue weighted by molar-refractivity contribution is -0.387. The molecule has 0 unspecified atom stereocenters. The van der Waals surface area contributed by atoms with E-state index in [1.807, 2.05) is 0 Å². The highest BCUT2D eigenvalue weighted by atomic mass is 32.2. The molecule has 0 aliphatic carbocycles. The van der Waals surface area contributed by atoms with Crippen LogP contribution in [0.2, 0.25) is 0 Å². The van der Waals surface area contributed by atoms with Crippen LogP contribution in [0.15, 0.2) is 29.2 Å². The molecular formula is C17H22N4O8S. The van der Waals surface area contributed by atoms with Crippen LogP contribution < -0.4 is 4.72 Å². The van der Waals surface area contributed by atoms with E-state index >= 15 is 0 Å². The van der Waals surface area contributed by atoms with Gasteiger partial charge in [-0.05, 0) is 12.5 Å². The third kappa shape index (κ3) is 4.86. The Balaban J connectivity index is 1.81. The standard InChI is InChI=1S/C17H22N4O8S/c22-16(19-5-7-29-8-6-19)12-9-13(11-20(10-12)17(23)24)18-30(27,28)15-4-2-1-3-14(15)21(25)26/h1-4,12-13,18H,5-11H2,(H,23,24)/t12-,13+/m1/s1. The van der Waals surface area contributed by atoms with Gasteiger partial charge in [-0.1, -0.05) is 12.1 Å². The predicted octanol–water partition coefficient (Wildman–Crippen LogP) is 0.100. The Bertz CT molecular complexity index is 931. The molecule has 0 radical (unpaired) electrons. The first kappa shape index (κ1) is 21.9. The van der Waals surface area contributed by atoms with E-state index in [4.69, 9.17) is 4.74 Å². The van der Waals surface area contributed by atoms with Gasteiger partial charge in [0.25, 0.3) is 5.69 Å². The molecule has 0 aromatic heterocycles. The summed E-state index contributed by atoms with van der Waals surface area (Å²) < 4.78 is 33.1. The van der Waals surface area contributed by atoms with Crippen molar-refractivity contribution in [1.29, 1.82) is 0 Å². The molecule has 2 saturated heterocycles. The predicted molar refractivity (Wildman–Crippen MR) is 102 cm³/mol. The summed E-state index contributed by atoms with van der Waals surface area (Å²) in [6.07, 6.45) is -1.19. The van der Waals surface area contributed by atoms with Gasteiger partial charge in [-0.2, -0.15) is 0 Å². The number of nitro benzene ring substituents is 1. The second-order valence-corrected chi connectivity index (χ2v) is 8.78. The molecular weight excluding hydrogens is 420 g/mol. The fourth-order valence-electron chi connectivity index (χ4n) is 3.68. The van der Waals surface area contributed by atoms with E-state index in [1.165, 1.54) is 12.1 Å². The fourth-order valence-corrected chi connectivity index (χ4v) is 5.09. The van der Waals surface area contributed by atoms with E-state index in [0.29, 0.717) is 26.3 Å². The van der Waals surface area contributed by atoms with Crippen molar-refractivity contribution in [1.82, 2.24) is 14.5 Å². The minimum absolute atomic E-state index is 0.0464. The highest BCUT2D eigenvalue weighted by molar-refractivity contribution is 7.89. The summed E-state index contributed by atoms with van der Waals surface area (Å²) >= 11 is 0. The zero-order valence-electron chi connectivity index (χ0n) is 16.0. The molecule has 2 fully saturated rings. The Hall–Kier alpha value is -2.77. The van der Waals surface area contributed by atoms with Crippen molar-refractivity contribution in [3.63, 3.8) is 0 Å². The molecule has 2 atom stereocenters. The van der Waals surface area contributed by atoms with Crippen molar-refractivity contribution >= 4 is 27.7 Å². The number of nitrogens with one attached hydrogen (secondary N) is 1. The molecule has 164 valence electrons. The first-order valence-corrected chi connectivity index (χ1v) is 10.8. The molecule has 0 saturated carbocycles. The van der Waals surface area contributed by atoms with Crippen LogP contribution in [0.3, 0.4) is 0 Å². The maximum atomic E-state index is 12.8. The average molecular weight is 442 g/mol. The van der Waals surface area contributed by atoms with Crippen molar-refractivity contribution in [2.75, 3.05) is 39.4 Å². The Morgan fingerprint density at radius 3 is 2.47 bits per heavy atom. The summed E-state index contributed by atoms with van der Waals surface area (Å²) in [5.41, 5.74) is -0.586. The molecule has 2 aliphatic rings. The number of hydrogen-bond donors (Lipinski definition) is 2.